The van der Waals surface area contributed by atoms with Gasteiger partial charge in [-0.1, -0.05) is 0 Å². The van der Waals surface area contributed by atoms with Gasteiger partial charge in [0.1, 0.15) is 0 Å². The number of rotatable bonds is 4. The Bertz CT molecular complexity index is 486. The van der Waals surface area contributed by atoms with Crippen molar-refractivity contribution < 1.29 is 9.90 Å². The largest absolute Gasteiger partial charge is 0.478 e. The monoisotopic (exact) mass is 263 g/mol. The number of nitrogens with two attached hydrogens (primary N) is 1. The van der Waals surface area contributed by atoms with Crippen LogP contribution in [0.25, 0.3) is 0 Å². The molecule has 104 valence electrons. The van der Waals surface area contributed by atoms with E-state index in [9.17, 15) is 4.79 Å². The Labute approximate surface area is 113 Å². The fourth-order valence-corrected chi connectivity index (χ4v) is 2.58. The van der Waals surface area contributed by atoms with Crippen LogP contribution in [-0.2, 0) is 0 Å². The van der Waals surface area contributed by atoms with Crippen molar-refractivity contribution >= 4 is 17.3 Å². The third-order valence-electron chi connectivity index (χ3n) is 3.67. The summed E-state index contributed by atoms with van der Waals surface area (Å²) >= 11 is 0. The maximum Gasteiger partial charge on any atom is 0.335 e. The van der Waals surface area contributed by atoms with Crippen LogP contribution in [0.4, 0.5) is 11.4 Å². The fraction of sp³-hybridized carbons (Fsp3) is 0.500. The minimum Gasteiger partial charge on any atom is -0.478 e. The number of carboxylic acids is 1. The number of hydrogen-bond donors (Lipinski definition) is 3. The summed E-state index contributed by atoms with van der Waals surface area (Å²) in [6, 6.07) is 5.21. The summed E-state index contributed by atoms with van der Waals surface area (Å²) in [5, 5.41) is 12.4. The topological polar surface area (TPSA) is 78.6 Å². The van der Waals surface area contributed by atoms with Crippen molar-refractivity contribution in [2.75, 3.05) is 29.9 Å². The molecule has 1 aliphatic rings. The Morgan fingerprint density at radius 2 is 2.26 bits per heavy atom. The maximum absolute atomic E-state index is 11.1. The van der Waals surface area contributed by atoms with E-state index in [1.165, 1.54) is 0 Å². The Balaban J connectivity index is 2.42. The summed E-state index contributed by atoms with van der Waals surface area (Å²) in [4.78, 5) is 13.4. The van der Waals surface area contributed by atoms with Crippen LogP contribution in [0.15, 0.2) is 18.2 Å². The van der Waals surface area contributed by atoms with Crippen molar-refractivity contribution in [1.82, 2.24) is 0 Å². The third kappa shape index (κ3) is 2.66. The number of anilines is 2. The van der Waals surface area contributed by atoms with Gasteiger partial charge in [0, 0.05) is 18.6 Å². The molecule has 1 heterocycles. The number of nitrogens with one attached hydrogen (secondary N) is 1. The normalized spacial score (nSPS) is 14.8. The first-order valence-corrected chi connectivity index (χ1v) is 6.54. The molecule has 0 saturated carbocycles. The molecule has 0 bridgehead atoms. The smallest absolute Gasteiger partial charge is 0.335 e. The molecule has 5 heteroatoms. The Hall–Kier alpha value is -1.75. The number of carbonyl (C=O) groups is 1. The molecule has 1 aromatic rings. The van der Waals surface area contributed by atoms with Crippen molar-refractivity contribution in [2.24, 2.45) is 5.73 Å². The molecule has 19 heavy (non-hydrogen) atoms. The average molecular weight is 263 g/mol. The lowest BCUT2D eigenvalue weighted by molar-refractivity contribution is 0.0697. The quantitative estimate of drug-likeness (QED) is 0.771. The van der Waals surface area contributed by atoms with Gasteiger partial charge in [-0.05, 0) is 45.0 Å². The van der Waals surface area contributed by atoms with Crippen LogP contribution in [-0.4, -0.2) is 36.2 Å². The predicted octanol–water partition coefficient (Wildman–Crippen LogP) is 1.74. The first kappa shape index (κ1) is 13.7. The molecule has 0 fully saturated rings. The Morgan fingerprint density at radius 1 is 1.53 bits per heavy atom. The number of carboxylic acid groups (broad SMARTS) is 1. The molecule has 1 aromatic carbocycles. The summed E-state index contributed by atoms with van der Waals surface area (Å²) in [6.07, 6.45) is 0.865. The van der Waals surface area contributed by atoms with E-state index < -0.39 is 5.97 Å². The van der Waals surface area contributed by atoms with Gasteiger partial charge in [0.25, 0.3) is 0 Å². The van der Waals surface area contributed by atoms with E-state index in [0.29, 0.717) is 12.1 Å². The first-order chi connectivity index (χ1) is 8.95. The summed E-state index contributed by atoms with van der Waals surface area (Å²) in [7, 11) is 0. The lowest BCUT2D eigenvalue weighted by Gasteiger charge is -2.44. The highest BCUT2D eigenvalue weighted by Crippen LogP contribution is 2.35. The average Bonchev–Trinajstić information content (AvgIpc) is 2.37. The van der Waals surface area contributed by atoms with E-state index in [-0.39, 0.29) is 5.54 Å². The Morgan fingerprint density at radius 3 is 2.89 bits per heavy atom. The van der Waals surface area contributed by atoms with E-state index in [4.69, 9.17) is 10.8 Å². The predicted molar refractivity (Wildman–Crippen MR) is 77.0 cm³/mol. The number of nitrogens with zero attached hydrogens (tertiary/aromatic N) is 1. The van der Waals surface area contributed by atoms with E-state index in [1.54, 1.807) is 12.1 Å². The highest BCUT2D eigenvalue weighted by Gasteiger charge is 2.30. The van der Waals surface area contributed by atoms with Crippen molar-refractivity contribution in [3.05, 3.63) is 23.8 Å². The summed E-state index contributed by atoms with van der Waals surface area (Å²) in [5.74, 6) is -0.898. The number of hydrogen-bond acceptors (Lipinski definition) is 4. The van der Waals surface area contributed by atoms with Gasteiger partial charge in [-0.25, -0.2) is 4.79 Å². The zero-order chi connectivity index (χ0) is 14.0. The lowest BCUT2D eigenvalue weighted by atomic mass is 9.95. The molecule has 1 aliphatic heterocycles. The molecule has 0 spiro atoms. The van der Waals surface area contributed by atoms with Crippen molar-refractivity contribution in [1.29, 1.82) is 0 Å². The molecule has 0 saturated heterocycles. The molecule has 0 atom stereocenters. The van der Waals surface area contributed by atoms with Crippen LogP contribution < -0.4 is 16.0 Å². The molecule has 5 nitrogen and oxygen atoms in total. The van der Waals surface area contributed by atoms with Gasteiger partial charge in [0.2, 0.25) is 0 Å². The highest BCUT2D eigenvalue weighted by molar-refractivity contribution is 5.91. The van der Waals surface area contributed by atoms with Crippen molar-refractivity contribution in [2.45, 2.75) is 25.8 Å². The summed E-state index contributed by atoms with van der Waals surface area (Å²) in [6.45, 7) is 6.60. The number of benzene rings is 1. The fourth-order valence-electron chi connectivity index (χ4n) is 2.58. The highest BCUT2D eigenvalue weighted by atomic mass is 16.4. The zero-order valence-corrected chi connectivity index (χ0v) is 11.4. The SMILES string of the molecule is CC(C)(CCN)N1CCNc2ccc(C(=O)O)cc21. The second kappa shape index (κ2) is 5.09. The molecule has 0 radical (unpaired) electrons. The summed E-state index contributed by atoms with van der Waals surface area (Å²) < 4.78 is 0. The minimum absolute atomic E-state index is 0.0806. The van der Waals surface area contributed by atoms with Crippen molar-refractivity contribution in [3.63, 3.8) is 0 Å². The van der Waals surface area contributed by atoms with Gasteiger partial charge in [-0.3, -0.25) is 0 Å². The number of fused-ring (bicyclic) bond motifs is 1. The van der Waals surface area contributed by atoms with Crippen LogP contribution >= 0.6 is 0 Å². The van der Waals surface area contributed by atoms with Gasteiger partial charge in [0.15, 0.2) is 0 Å². The first-order valence-electron chi connectivity index (χ1n) is 6.54. The molecule has 0 aromatic heterocycles. The van der Waals surface area contributed by atoms with Crippen LogP contribution in [0.1, 0.15) is 30.6 Å². The van der Waals surface area contributed by atoms with Crippen molar-refractivity contribution in [3.8, 4) is 0 Å². The molecule has 2 rings (SSSR count). The zero-order valence-electron chi connectivity index (χ0n) is 11.4. The van der Waals surface area contributed by atoms with Crippen LogP contribution in [0.5, 0.6) is 0 Å². The van der Waals surface area contributed by atoms with Crippen LogP contribution in [0.2, 0.25) is 0 Å². The Kier molecular flexibility index (Phi) is 3.66. The molecular weight excluding hydrogens is 242 g/mol. The van der Waals surface area contributed by atoms with E-state index in [1.807, 2.05) is 6.07 Å². The maximum atomic E-state index is 11.1. The minimum atomic E-state index is -0.898. The van der Waals surface area contributed by atoms with Gasteiger partial charge in [0.05, 0.1) is 16.9 Å². The number of aromatic carboxylic acids is 1. The van der Waals surface area contributed by atoms with Gasteiger partial charge >= 0.3 is 5.97 Å². The summed E-state index contributed by atoms with van der Waals surface area (Å²) in [5.41, 5.74) is 7.85. The lowest BCUT2D eigenvalue weighted by Crippen LogP contribution is -2.49. The molecule has 0 amide bonds. The van der Waals surface area contributed by atoms with Gasteiger partial charge < -0.3 is 21.1 Å². The van der Waals surface area contributed by atoms with E-state index in [2.05, 4.69) is 24.1 Å². The van der Waals surface area contributed by atoms with Gasteiger partial charge in [-0.15, -0.1) is 0 Å². The molecule has 0 aliphatic carbocycles. The van der Waals surface area contributed by atoms with Crippen LogP contribution in [0.3, 0.4) is 0 Å². The van der Waals surface area contributed by atoms with E-state index >= 15 is 0 Å². The van der Waals surface area contributed by atoms with Crippen LogP contribution in [0, 0.1) is 0 Å². The second-order valence-electron chi connectivity index (χ2n) is 5.47. The molecule has 0 unspecified atom stereocenters. The third-order valence-corrected chi connectivity index (χ3v) is 3.67. The molecule has 4 N–H and O–H groups in total. The van der Waals surface area contributed by atoms with Gasteiger partial charge in [-0.2, -0.15) is 0 Å². The molecular formula is C14H21N3O2. The standard InChI is InChI=1S/C14H21N3O2/c1-14(2,5-6-15)17-8-7-16-11-4-3-10(13(18)19)9-12(11)17/h3-4,9,16H,5-8,15H2,1-2H3,(H,18,19). The second-order valence-corrected chi connectivity index (χ2v) is 5.47. The van der Waals surface area contributed by atoms with E-state index in [0.717, 1.165) is 30.9 Å².